The topological polar surface area (TPSA) is 104 Å². The Morgan fingerprint density at radius 1 is 0.926 bits per heavy atom. The average Bonchev–Trinajstić information content (AvgIpc) is 2.66. The predicted molar refractivity (Wildman–Crippen MR) is 106 cm³/mol. The second-order valence-corrected chi connectivity index (χ2v) is 5.70. The molecule has 138 valence electrons. The number of carbonyl (C=O) groups is 1. The van der Waals surface area contributed by atoms with Crippen LogP contribution in [-0.2, 0) is 0 Å². The number of hydrogen-bond acceptors (Lipinski definition) is 6. The van der Waals surface area contributed by atoms with Crippen molar-refractivity contribution in [1.82, 2.24) is 20.3 Å². The lowest BCUT2D eigenvalue weighted by atomic mass is 10.3. The molecule has 0 fully saturated rings. The number of rotatable bonds is 7. The quantitative estimate of drug-likeness (QED) is 0.481. The van der Waals surface area contributed by atoms with Gasteiger partial charge < -0.3 is 21.3 Å². The van der Waals surface area contributed by atoms with Gasteiger partial charge in [0.1, 0.15) is 23.3 Å². The molecule has 1 aromatic carbocycles. The molecule has 3 rings (SSSR count). The summed E-state index contributed by atoms with van der Waals surface area (Å²) in [4.78, 5) is 24.8. The number of aryl methyl sites for hydroxylation is 1. The molecule has 3 aromatic rings. The number of hydrogen-bond donors (Lipinski definition) is 4. The lowest BCUT2D eigenvalue weighted by Gasteiger charge is -2.11. The van der Waals surface area contributed by atoms with E-state index in [0.29, 0.717) is 36.4 Å². The molecule has 2 aromatic heterocycles. The first-order valence-corrected chi connectivity index (χ1v) is 8.56. The Labute approximate surface area is 157 Å². The van der Waals surface area contributed by atoms with Gasteiger partial charge in [-0.2, -0.15) is 0 Å². The van der Waals surface area contributed by atoms with E-state index in [-0.39, 0.29) is 6.03 Å². The van der Waals surface area contributed by atoms with Crippen molar-refractivity contribution < 1.29 is 4.79 Å². The maximum Gasteiger partial charge on any atom is 0.319 e. The Bertz CT molecular complexity index is 872. The van der Waals surface area contributed by atoms with E-state index in [1.165, 1.54) is 0 Å². The normalized spacial score (nSPS) is 10.1. The molecular formula is C19H21N7O. The zero-order valence-corrected chi connectivity index (χ0v) is 14.9. The van der Waals surface area contributed by atoms with Crippen molar-refractivity contribution >= 4 is 29.2 Å². The Balaban J connectivity index is 1.47. The number of anilines is 4. The molecule has 0 radical (unpaired) electrons. The van der Waals surface area contributed by atoms with Gasteiger partial charge in [-0.1, -0.05) is 24.3 Å². The maximum absolute atomic E-state index is 11.8. The SMILES string of the molecule is Cc1nc(NCCNC(=O)Nc2ccccc2)cc(Nc2ccccn2)n1. The monoisotopic (exact) mass is 363 g/mol. The van der Waals surface area contributed by atoms with Crippen molar-refractivity contribution in [2.24, 2.45) is 0 Å². The standard InChI is InChI=1S/C19H21N7O/c1-14-23-17(13-18(24-14)26-16-9-5-6-10-20-16)21-11-12-22-19(27)25-15-7-3-2-4-8-15/h2-10,13H,11-12H2,1H3,(H2,22,25,27)(H2,20,21,23,24,26). The van der Waals surface area contributed by atoms with E-state index in [1.54, 1.807) is 12.3 Å². The minimum Gasteiger partial charge on any atom is -0.368 e. The highest BCUT2D eigenvalue weighted by Gasteiger charge is 2.04. The number of benzene rings is 1. The summed E-state index contributed by atoms with van der Waals surface area (Å²) >= 11 is 0. The molecule has 0 saturated heterocycles. The van der Waals surface area contributed by atoms with E-state index >= 15 is 0 Å². The first kappa shape index (κ1) is 18.1. The van der Waals surface area contributed by atoms with Crippen LogP contribution in [0.3, 0.4) is 0 Å². The summed E-state index contributed by atoms with van der Waals surface area (Å²) in [6, 6.07) is 16.4. The third-order valence-corrected chi connectivity index (χ3v) is 3.51. The number of aromatic nitrogens is 3. The molecule has 0 aliphatic heterocycles. The number of amides is 2. The van der Waals surface area contributed by atoms with Gasteiger partial charge in [-0.3, -0.25) is 0 Å². The molecule has 0 aliphatic carbocycles. The van der Waals surface area contributed by atoms with Gasteiger partial charge in [-0.25, -0.2) is 19.7 Å². The fraction of sp³-hybridized carbons (Fsp3) is 0.158. The van der Waals surface area contributed by atoms with Gasteiger partial charge in [0.05, 0.1) is 0 Å². The number of carbonyl (C=O) groups excluding carboxylic acids is 1. The number of nitrogens with zero attached hydrogens (tertiary/aromatic N) is 3. The van der Waals surface area contributed by atoms with E-state index in [0.717, 1.165) is 5.69 Å². The molecular weight excluding hydrogens is 342 g/mol. The average molecular weight is 363 g/mol. The molecule has 0 atom stereocenters. The highest BCUT2D eigenvalue weighted by Crippen LogP contribution is 2.15. The fourth-order valence-corrected chi connectivity index (χ4v) is 2.35. The fourth-order valence-electron chi connectivity index (χ4n) is 2.35. The summed E-state index contributed by atoms with van der Waals surface area (Å²) in [5.74, 6) is 2.67. The van der Waals surface area contributed by atoms with E-state index in [2.05, 4.69) is 36.2 Å². The number of urea groups is 1. The Morgan fingerprint density at radius 2 is 1.70 bits per heavy atom. The van der Waals surface area contributed by atoms with Crippen molar-refractivity contribution in [2.45, 2.75) is 6.92 Å². The first-order valence-electron chi connectivity index (χ1n) is 8.56. The second-order valence-electron chi connectivity index (χ2n) is 5.70. The summed E-state index contributed by atoms with van der Waals surface area (Å²) < 4.78 is 0. The van der Waals surface area contributed by atoms with Crippen molar-refractivity contribution in [2.75, 3.05) is 29.0 Å². The zero-order chi connectivity index (χ0) is 18.9. The molecule has 0 aliphatic rings. The Morgan fingerprint density at radius 3 is 2.48 bits per heavy atom. The summed E-state index contributed by atoms with van der Waals surface area (Å²) in [6.45, 7) is 2.80. The molecule has 27 heavy (non-hydrogen) atoms. The van der Waals surface area contributed by atoms with Gasteiger partial charge in [0, 0.05) is 31.0 Å². The molecule has 0 bridgehead atoms. The van der Waals surface area contributed by atoms with Crippen LogP contribution in [0.4, 0.5) is 27.9 Å². The highest BCUT2D eigenvalue weighted by molar-refractivity contribution is 5.89. The molecule has 0 unspecified atom stereocenters. The number of nitrogens with one attached hydrogen (secondary N) is 4. The van der Waals surface area contributed by atoms with Crippen LogP contribution in [-0.4, -0.2) is 34.1 Å². The van der Waals surface area contributed by atoms with Crippen LogP contribution in [0, 0.1) is 6.92 Å². The van der Waals surface area contributed by atoms with E-state index in [9.17, 15) is 4.79 Å². The molecule has 8 nitrogen and oxygen atoms in total. The minimum absolute atomic E-state index is 0.251. The molecule has 8 heteroatoms. The summed E-state index contributed by atoms with van der Waals surface area (Å²) in [5, 5.41) is 11.9. The van der Waals surface area contributed by atoms with Gasteiger partial charge in [0.25, 0.3) is 0 Å². The van der Waals surface area contributed by atoms with Gasteiger partial charge in [0.2, 0.25) is 0 Å². The van der Waals surface area contributed by atoms with E-state index in [4.69, 9.17) is 0 Å². The molecule has 0 saturated carbocycles. The summed E-state index contributed by atoms with van der Waals surface area (Å²) in [7, 11) is 0. The largest absolute Gasteiger partial charge is 0.368 e. The lowest BCUT2D eigenvalue weighted by Crippen LogP contribution is -2.32. The van der Waals surface area contributed by atoms with Crippen molar-refractivity contribution in [3.8, 4) is 0 Å². The van der Waals surface area contributed by atoms with Crippen LogP contribution in [0.2, 0.25) is 0 Å². The van der Waals surface area contributed by atoms with Crippen molar-refractivity contribution in [1.29, 1.82) is 0 Å². The van der Waals surface area contributed by atoms with Crippen LogP contribution in [0.5, 0.6) is 0 Å². The first-order chi connectivity index (χ1) is 13.2. The Hall–Kier alpha value is -3.68. The van der Waals surface area contributed by atoms with E-state index < -0.39 is 0 Å². The lowest BCUT2D eigenvalue weighted by molar-refractivity contribution is 0.252. The van der Waals surface area contributed by atoms with Crippen molar-refractivity contribution in [3.63, 3.8) is 0 Å². The van der Waals surface area contributed by atoms with Crippen LogP contribution < -0.4 is 21.3 Å². The second kappa shape index (κ2) is 9.14. The summed E-state index contributed by atoms with van der Waals surface area (Å²) in [6.07, 6.45) is 1.71. The molecule has 4 N–H and O–H groups in total. The Kier molecular flexibility index (Phi) is 6.13. The third-order valence-electron chi connectivity index (χ3n) is 3.51. The van der Waals surface area contributed by atoms with Gasteiger partial charge >= 0.3 is 6.03 Å². The minimum atomic E-state index is -0.251. The van der Waals surface area contributed by atoms with Crippen molar-refractivity contribution in [3.05, 3.63) is 66.6 Å². The van der Waals surface area contributed by atoms with Crippen LogP contribution in [0.25, 0.3) is 0 Å². The maximum atomic E-state index is 11.8. The van der Waals surface area contributed by atoms with Crippen LogP contribution in [0.1, 0.15) is 5.82 Å². The number of pyridine rings is 1. The zero-order valence-electron chi connectivity index (χ0n) is 14.9. The van der Waals surface area contributed by atoms with Gasteiger partial charge in [0.15, 0.2) is 0 Å². The predicted octanol–water partition coefficient (Wildman–Crippen LogP) is 3.16. The van der Waals surface area contributed by atoms with E-state index in [1.807, 2.05) is 55.5 Å². The highest BCUT2D eigenvalue weighted by atomic mass is 16.2. The molecule has 2 amide bonds. The third kappa shape index (κ3) is 5.96. The van der Waals surface area contributed by atoms with Crippen LogP contribution >= 0.6 is 0 Å². The van der Waals surface area contributed by atoms with Gasteiger partial charge in [-0.15, -0.1) is 0 Å². The number of para-hydroxylation sites is 1. The van der Waals surface area contributed by atoms with Gasteiger partial charge in [-0.05, 0) is 31.2 Å². The molecule has 0 spiro atoms. The smallest absolute Gasteiger partial charge is 0.319 e. The summed E-state index contributed by atoms with van der Waals surface area (Å²) in [5.41, 5.74) is 0.750. The van der Waals surface area contributed by atoms with Crippen LogP contribution in [0.15, 0.2) is 60.8 Å². The molecule has 2 heterocycles.